The van der Waals surface area contributed by atoms with Crippen LogP contribution >= 0.6 is 0 Å². The molecule has 46 heavy (non-hydrogen) atoms. The molecule has 1 aliphatic rings. The molecule has 0 saturated carbocycles. The molecule has 1 fully saturated rings. The molecular weight excluding hydrogens is 576 g/mol. The molecule has 5 aromatic rings. The van der Waals surface area contributed by atoms with Crippen LogP contribution in [0.4, 0.5) is 0 Å². The quantitative estimate of drug-likeness (QED) is 0.154. The Balaban J connectivity index is 1.44. The largest absolute Gasteiger partial charge is 0.497 e. The number of rotatable bonds is 10. The van der Waals surface area contributed by atoms with E-state index in [4.69, 9.17) is 9.47 Å². The van der Waals surface area contributed by atoms with E-state index in [-0.39, 0.29) is 12.3 Å². The molecule has 2 heterocycles. The lowest BCUT2D eigenvalue weighted by Gasteiger charge is -2.48. The van der Waals surface area contributed by atoms with Crippen molar-refractivity contribution in [1.29, 1.82) is 0 Å². The van der Waals surface area contributed by atoms with Crippen molar-refractivity contribution in [3.63, 3.8) is 0 Å². The Bertz CT molecular complexity index is 1670. The number of likely N-dealkylation sites (tertiary alicyclic amines) is 1. The summed E-state index contributed by atoms with van der Waals surface area (Å²) in [4.78, 5) is 15.7. The van der Waals surface area contributed by atoms with Gasteiger partial charge in [0.25, 0.3) is 0 Å². The van der Waals surface area contributed by atoms with Crippen LogP contribution in [0.3, 0.4) is 0 Å². The van der Waals surface area contributed by atoms with Crippen molar-refractivity contribution < 1.29 is 19.4 Å². The molecule has 8 heteroatoms. The number of methoxy groups -OCH3 is 1. The summed E-state index contributed by atoms with van der Waals surface area (Å²) in [6, 6.07) is 39.1. The maximum Gasteiger partial charge on any atom is 0.358 e. The lowest BCUT2D eigenvalue weighted by Crippen LogP contribution is -2.52. The zero-order valence-corrected chi connectivity index (χ0v) is 26.1. The molecule has 234 valence electrons. The molecule has 0 aliphatic carbocycles. The summed E-state index contributed by atoms with van der Waals surface area (Å²) >= 11 is 0. The van der Waals surface area contributed by atoms with Crippen molar-refractivity contribution in [1.82, 2.24) is 19.9 Å². The Hall–Kier alpha value is -5.05. The van der Waals surface area contributed by atoms with E-state index in [0.29, 0.717) is 31.7 Å². The molecule has 1 saturated heterocycles. The second-order valence-corrected chi connectivity index (χ2v) is 11.3. The van der Waals surface area contributed by atoms with E-state index in [1.165, 1.54) is 0 Å². The molecule has 6 rings (SSSR count). The second-order valence-electron chi connectivity index (χ2n) is 11.3. The first-order valence-electron chi connectivity index (χ1n) is 15.6. The first kappa shape index (κ1) is 31.0. The van der Waals surface area contributed by atoms with Gasteiger partial charge >= 0.3 is 5.97 Å². The highest BCUT2D eigenvalue weighted by Gasteiger charge is 2.44. The molecule has 0 amide bonds. The number of aliphatic hydroxyl groups excluding tert-OH is 1. The van der Waals surface area contributed by atoms with Crippen LogP contribution in [0.5, 0.6) is 5.75 Å². The van der Waals surface area contributed by atoms with E-state index in [1.54, 1.807) is 18.7 Å². The van der Waals surface area contributed by atoms with Gasteiger partial charge in [0.15, 0.2) is 5.69 Å². The molecule has 1 aliphatic heterocycles. The number of aliphatic hydroxyl groups is 1. The fraction of sp³-hybridized carbons (Fsp3) is 0.237. The normalized spacial score (nSPS) is 16.3. The maximum absolute atomic E-state index is 13.3. The Kier molecular flexibility index (Phi) is 9.38. The van der Waals surface area contributed by atoms with Gasteiger partial charge < -0.3 is 14.6 Å². The third-order valence-electron chi connectivity index (χ3n) is 8.57. The Morgan fingerprint density at radius 1 is 0.891 bits per heavy atom. The predicted octanol–water partition coefficient (Wildman–Crippen LogP) is 5.95. The molecular formula is C38H38N4O4. The highest BCUT2D eigenvalue weighted by molar-refractivity contribution is 5.91. The predicted molar refractivity (Wildman–Crippen MR) is 177 cm³/mol. The van der Waals surface area contributed by atoms with Crippen molar-refractivity contribution in [2.45, 2.75) is 31.5 Å². The van der Waals surface area contributed by atoms with Crippen LogP contribution in [0.1, 0.15) is 51.8 Å². The number of hydrogen-bond acceptors (Lipinski definition) is 7. The molecule has 0 bridgehead atoms. The van der Waals surface area contributed by atoms with Crippen LogP contribution in [0.2, 0.25) is 0 Å². The van der Waals surface area contributed by atoms with Crippen molar-refractivity contribution in [2.75, 3.05) is 26.8 Å². The average molecular weight is 615 g/mol. The van der Waals surface area contributed by atoms with Gasteiger partial charge in [-0.2, -0.15) is 0 Å². The molecule has 1 aromatic heterocycles. The minimum Gasteiger partial charge on any atom is -0.497 e. The van der Waals surface area contributed by atoms with Crippen molar-refractivity contribution >= 4 is 12.0 Å². The SMILES string of the molecule is CCOC(=O)c1c(C=C2CN(C(c3ccccc3)(c3ccccc3)c3ccccc3)CCC2O)nnn1Cc1ccc(OC)cc1. The van der Waals surface area contributed by atoms with Crippen LogP contribution < -0.4 is 4.74 Å². The fourth-order valence-electron chi connectivity index (χ4n) is 6.41. The summed E-state index contributed by atoms with van der Waals surface area (Å²) in [6.45, 7) is 3.39. The highest BCUT2D eigenvalue weighted by atomic mass is 16.5. The van der Waals surface area contributed by atoms with E-state index in [1.807, 2.05) is 48.5 Å². The summed E-state index contributed by atoms with van der Waals surface area (Å²) in [6.07, 6.45) is 1.61. The molecule has 0 radical (unpaired) electrons. The number of nitrogens with zero attached hydrogens (tertiary/aromatic N) is 4. The highest BCUT2D eigenvalue weighted by Crippen LogP contribution is 2.44. The van der Waals surface area contributed by atoms with E-state index >= 15 is 0 Å². The van der Waals surface area contributed by atoms with Crippen molar-refractivity contribution in [3.8, 4) is 5.75 Å². The Morgan fingerprint density at radius 3 is 1.98 bits per heavy atom. The van der Waals surface area contributed by atoms with Gasteiger partial charge in [0, 0.05) is 13.1 Å². The van der Waals surface area contributed by atoms with Gasteiger partial charge in [-0.3, -0.25) is 4.90 Å². The van der Waals surface area contributed by atoms with Crippen LogP contribution in [0.15, 0.2) is 121 Å². The number of hydrogen-bond donors (Lipinski definition) is 1. The van der Waals surface area contributed by atoms with Gasteiger partial charge in [-0.05, 0) is 59.4 Å². The zero-order chi connectivity index (χ0) is 31.9. The first-order chi connectivity index (χ1) is 22.5. The number of piperidine rings is 1. The summed E-state index contributed by atoms with van der Waals surface area (Å²) < 4.78 is 12.3. The van der Waals surface area contributed by atoms with Gasteiger partial charge in [0.05, 0.1) is 31.9 Å². The lowest BCUT2D eigenvalue weighted by atomic mass is 9.74. The minimum atomic E-state index is -0.710. The maximum atomic E-state index is 13.3. The Morgan fingerprint density at radius 2 is 1.46 bits per heavy atom. The molecule has 4 aromatic carbocycles. The summed E-state index contributed by atoms with van der Waals surface area (Å²) in [7, 11) is 1.62. The zero-order valence-electron chi connectivity index (χ0n) is 26.1. The fourth-order valence-corrected chi connectivity index (χ4v) is 6.41. The lowest BCUT2D eigenvalue weighted by molar-refractivity contribution is 0.0512. The number of carbonyl (C=O) groups excluding carboxylic acids is 1. The third-order valence-corrected chi connectivity index (χ3v) is 8.57. The standard InChI is InChI=1S/C38H38N4O4/c1-3-46-37(44)36-34(39-40-42(36)26-28-19-21-33(45-2)22-20-28)25-29-27-41(24-23-35(29)43)38(30-13-7-4-8-14-30,31-15-9-5-10-16-31)32-17-11-6-12-18-32/h4-22,25,35,43H,3,23-24,26-27H2,1-2H3. The van der Waals surface area contributed by atoms with Gasteiger partial charge in [-0.1, -0.05) is 108 Å². The van der Waals surface area contributed by atoms with Gasteiger partial charge in [0.1, 0.15) is 11.4 Å². The van der Waals surface area contributed by atoms with Crippen LogP contribution in [-0.4, -0.2) is 63.9 Å². The van der Waals surface area contributed by atoms with Crippen molar-refractivity contribution in [3.05, 3.63) is 154 Å². The van der Waals surface area contributed by atoms with E-state index in [9.17, 15) is 9.90 Å². The molecule has 8 nitrogen and oxygen atoms in total. The topological polar surface area (TPSA) is 89.7 Å². The third kappa shape index (κ3) is 6.09. The smallest absolute Gasteiger partial charge is 0.358 e. The molecule has 1 unspecified atom stereocenters. The molecule has 1 atom stereocenters. The summed E-state index contributed by atoms with van der Waals surface area (Å²) in [5.74, 6) is 0.231. The number of ether oxygens (including phenoxy) is 2. The monoisotopic (exact) mass is 614 g/mol. The van der Waals surface area contributed by atoms with Gasteiger partial charge in [-0.25, -0.2) is 9.48 Å². The van der Waals surface area contributed by atoms with Crippen LogP contribution in [0.25, 0.3) is 6.08 Å². The van der Waals surface area contributed by atoms with Crippen LogP contribution in [0, 0.1) is 0 Å². The van der Waals surface area contributed by atoms with Gasteiger partial charge in [-0.15, -0.1) is 5.10 Å². The summed E-state index contributed by atoms with van der Waals surface area (Å²) in [5, 5.41) is 20.1. The summed E-state index contributed by atoms with van der Waals surface area (Å²) in [5.41, 5.74) is 5.03. The van der Waals surface area contributed by atoms with E-state index < -0.39 is 17.6 Å². The Labute approximate surface area is 269 Å². The number of aromatic nitrogens is 3. The molecule has 1 N–H and O–H groups in total. The average Bonchev–Trinajstić information content (AvgIpc) is 3.50. The second kappa shape index (κ2) is 13.9. The van der Waals surface area contributed by atoms with E-state index in [0.717, 1.165) is 33.6 Å². The number of esters is 1. The minimum absolute atomic E-state index is 0.215. The number of benzene rings is 4. The van der Waals surface area contributed by atoms with E-state index in [2.05, 4.69) is 88.0 Å². The molecule has 0 spiro atoms. The first-order valence-corrected chi connectivity index (χ1v) is 15.6. The van der Waals surface area contributed by atoms with Crippen molar-refractivity contribution in [2.24, 2.45) is 0 Å². The number of carbonyl (C=O) groups is 1. The van der Waals surface area contributed by atoms with Gasteiger partial charge in [0.2, 0.25) is 0 Å². The van der Waals surface area contributed by atoms with Crippen LogP contribution in [-0.2, 0) is 16.8 Å².